The number of aliphatic hydroxyl groups is 1. The maximum Gasteiger partial charge on any atom is 0.214 e. The predicted molar refractivity (Wildman–Crippen MR) is 96.3 cm³/mol. The molecule has 0 unspecified atom stereocenters. The van der Waals surface area contributed by atoms with Crippen molar-refractivity contribution in [1.29, 1.82) is 0 Å². The highest BCUT2D eigenvalue weighted by atomic mass is 19.1. The monoisotopic (exact) mass is 384 g/mol. The van der Waals surface area contributed by atoms with Crippen LogP contribution in [0.5, 0.6) is 5.88 Å². The lowest BCUT2D eigenvalue weighted by Gasteiger charge is -2.20. The first-order chi connectivity index (χ1) is 13.6. The Morgan fingerprint density at radius 2 is 1.89 bits per heavy atom. The molecule has 0 atom stereocenters. The van der Waals surface area contributed by atoms with Gasteiger partial charge in [-0.05, 0) is 31.2 Å². The normalized spacial score (nSPS) is 13.2. The van der Waals surface area contributed by atoms with Gasteiger partial charge in [-0.25, -0.2) is 18.7 Å². The average Bonchev–Trinajstić information content (AvgIpc) is 2.72. The molecule has 1 aliphatic rings. The number of ether oxygens (including phenoxy) is 1. The molecule has 4 rings (SSSR count). The Morgan fingerprint density at radius 1 is 1.04 bits per heavy atom. The third-order valence-corrected chi connectivity index (χ3v) is 4.64. The van der Waals surface area contributed by atoms with Gasteiger partial charge in [-0.2, -0.15) is 0 Å². The second-order valence-corrected chi connectivity index (χ2v) is 6.56. The van der Waals surface area contributed by atoms with Crippen LogP contribution in [-0.4, -0.2) is 25.0 Å². The lowest BCUT2D eigenvalue weighted by Crippen LogP contribution is -2.10. The van der Waals surface area contributed by atoms with Crippen LogP contribution in [0.2, 0.25) is 0 Å². The summed E-state index contributed by atoms with van der Waals surface area (Å²) in [5.41, 5.74) is 3.96. The van der Waals surface area contributed by atoms with E-state index in [-0.39, 0.29) is 18.9 Å². The Labute approximate surface area is 160 Å². The van der Waals surface area contributed by atoms with E-state index in [1.165, 1.54) is 6.20 Å². The Balaban J connectivity index is 1.68. The van der Waals surface area contributed by atoms with Gasteiger partial charge in [0.25, 0.3) is 0 Å². The van der Waals surface area contributed by atoms with Gasteiger partial charge in [0.15, 0.2) is 5.82 Å². The molecule has 0 radical (unpaired) electrons. The fourth-order valence-electron chi connectivity index (χ4n) is 3.28. The number of hydrogen-bond acceptors (Lipinski definition) is 6. The summed E-state index contributed by atoms with van der Waals surface area (Å²) < 4.78 is 32.5. The molecule has 1 N–H and O–H groups in total. The molecule has 3 aromatic rings. The number of fused-ring (bicyclic) bond motifs is 1. The summed E-state index contributed by atoms with van der Waals surface area (Å²) in [5, 5.41) is 9.35. The molecule has 6 nitrogen and oxygen atoms in total. The van der Waals surface area contributed by atoms with Crippen molar-refractivity contribution in [3.05, 3.63) is 65.0 Å². The van der Waals surface area contributed by atoms with Gasteiger partial charge >= 0.3 is 0 Å². The number of pyridine rings is 2. The van der Waals surface area contributed by atoms with E-state index in [0.29, 0.717) is 17.3 Å². The molecule has 1 aliphatic carbocycles. The quantitative estimate of drug-likeness (QED) is 0.728. The predicted octanol–water partition coefficient (Wildman–Crippen LogP) is 3.16. The third kappa shape index (κ3) is 3.82. The number of halogens is 2. The van der Waals surface area contributed by atoms with Crippen LogP contribution in [0.3, 0.4) is 0 Å². The average molecular weight is 384 g/mol. The van der Waals surface area contributed by atoms with Gasteiger partial charge in [0.2, 0.25) is 5.88 Å². The van der Waals surface area contributed by atoms with Crippen LogP contribution in [0, 0.1) is 11.6 Å². The second-order valence-electron chi connectivity index (χ2n) is 6.56. The standard InChI is InChI=1S/C20H18F2N4O2/c21-12-5-16(22)19(24-7-12)11-28-20-6-15(14-3-1-2-4-17(14)26-20)18-9-23-8-13(10-27)25-18/h5-9,27H,1-4,10-11H2. The molecule has 0 aromatic carbocycles. The molecule has 3 heterocycles. The highest BCUT2D eigenvalue weighted by Crippen LogP contribution is 2.32. The van der Waals surface area contributed by atoms with E-state index in [1.54, 1.807) is 12.3 Å². The zero-order chi connectivity index (χ0) is 19.5. The summed E-state index contributed by atoms with van der Waals surface area (Å²) in [6.45, 7) is -0.368. The minimum Gasteiger partial charge on any atom is -0.471 e. The molecule has 0 spiro atoms. The van der Waals surface area contributed by atoms with Crippen molar-refractivity contribution in [2.75, 3.05) is 0 Å². The van der Waals surface area contributed by atoms with Crippen LogP contribution in [0.1, 0.15) is 35.5 Å². The van der Waals surface area contributed by atoms with Crippen molar-refractivity contribution in [1.82, 2.24) is 19.9 Å². The molecule has 0 aliphatic heterocycles. The van der Waals surface area contributed by atoms with Gasteiger partial charge in [0.05, 0.1) is 36.6 Å². The van der Waals surface area contributed by atoms with Gasteiger partial charge < -0.3 is 9.84 Å². The van der Waals surface area contributed by atoms with Crippen molar-refractivity contribution in [3.8, 4) is 17.1 Å². The molecular formula is C20H18F2N4O2. The SMILES string of the molecule is OCc1cncc(-c2cc(OCc3ncc(F)cc3F)nc3c2CCCC3)n1. The van der Waals surface area contributed by atoms with Gasteiger partial charge in [-0.1, -0.05) is 0 Å². The van der Waals surface area contributed by atoms with Crippen LogP contribution in [0.25, 0.3) is 11.3 Å². The first-order valence-corrected chi connectivity index (χ1v) is 9.01. The lowest BCUT2D eigenvalue weighted by molar-refractivity contribution is 0.276. The summed E-state index contributed by atoms with van der Waals surface area (Å²) in [6.07, 6.45) is 7.86. The molecule has 0 saturated heterocycles. The van der Waals surface area contributed by atoms with Gasteiger partial charge in [0, 0.05) is 23.4 Å². The van der Waals surface area contributed by atoms with Crippen molar-refractivity contribution in [2.24, 2.45) is 0 Å². The molecule has 0 amide bonds. The minimum absolute atomic E-state index is 0.00420. The zero-order valence-corrected chi connectivity index (χ0v) is 15.0. The van der Waals surface area contributed by atoms with Gasteiger partial charge in [0.1, 0.15) is 18.1 Å². The summed E-state index contributed by atoms with van der Waals surface area (Å²) in [7, 11) is 0. The summed E-state index contributed by atoms with van der Waals surface area (Å²) >= 11 is 0. The number of hydrogen-bond donors (Lipinski definition) is 1. The van der Waals surface area contributed by atoms with Gasteiger partial charge in [-0.3, -0.25) is 9.97 Å². The number of aryl methyl sites for hydroxylation is 1. The fraction of sp³-hybridized carbons (Fsp3) is 0.300. The van der Waals surface area contributed by atoms with Crippen LogP contribution >= 0.6 is 0 Å². The third-order valence-electron chi connectivity index (χ3n) is 4.64. The van der Waals surface area contributed by atoms with Crippen LogP contribution in [0.15, 0.2) is 30.7 Å². The molecular weight excluding hydrogens is 366 g/mol. The maximum atomic E-state index is 13.8. The molecule has 144 valence electrons. The topological polar surface area (TPSA) is 81.0 Å². The maximum absolute atomic E-state index is 13.8. The van der Waals surface area contributed by atoms with Crippen molar-refractivity contribution in [2.45, 2.75) is 38.9 Å². The van der Waals surface area contributed by atoms with Gasteiger partial charge in [-0.15, -0.1) is 0 Å². The molecule has 0 bridgehead atoms. The van der Waals surface area contributed by atoms with E-state index in [1.807, 2.05) is 0 Å². The highest BCUT2D eigenvalue weighted by Gasteiger charge is 2.19. The second kappa shape index (κ2) is 7.93. The molecule has 8 heteroatoms. The minimum atomic E-state index is -0.764. The lowest BCUT2D eigenvalue weighted by atomic mass is 9.91. The number of aromatic nitrogens is 4. The van der Waals surface area contributed by atoms with Crippen LogP contribution in [0.4, 0.5) is 8.78 Å². The summed E-state index contributed by atoms with van der Waals surface area (Å²) in [4.78, 5) is 16.9. The van der Waals surface area contributed by atoms with E-state index in [9.17, 15) is 13.9 Å². The Hall–Kier alpha value is -3.00. The van der Waals surface area contributed by atoms with Crippen molar-refractivity contribution >= 4 is 0 Å². The van der Waals surface area contributed by atoms with E-state index < -0.39 is 11.6 Å². The molecule has 28 heavy (non-hydrogen) atoms. The van der Waals surface area contributed by atoms with Crippen LogP contribution < -0.4 is 4.74 Å². The van der Waals surface area contributed by atoms with E-state index >= 15 is 0 Å². The highest BCUT2D eigenvalue weighted by molar-refractivity contribution is 5.65. The number of nitrogens with zero attached hydrogens (tertiary/aromatic N) is 4. The zero-order valence-electron chi connectivity index (χ0n) is 15.0. The first kappa shape index (κ1) is 18.4. The summed E-state index contributed by atoms with van der Waals surface area (Å²) in [6, 6.07) is 2.52. The van der Waals surface area contributed by atoms with Crippen LogP contribution in [-0.2, 0) is 26.1 Å². The van der Waals surface area contributed by atoms with E-state index in [0.717, 1.165) is 54.8 Å². The largest absolute Gasteiger partial charge is 0.471 e. The number of aliphatic hydroxyl groups excluding tert-OH is 1. The van der Waals surface area contributed by atoms with E-state index in [2.05, 4.69) is 19.9 Å². The fourth-order valence-corrected chi connectivity index (χ4v) is 3.28. The Bertz CT molecular complexity index is 1010. The van der Waals surface area contributed by atoms with E-state index in [4.69, 9.17) is 4.74 Å². The molecule has 0 saturated carbocycles. The van der Waals surface area contributed by atoms with Crippen molar-refractivity contribution in [3.63, 3.8) is 0 Å². The Morgan fingerprint density at radius 3 is 2.71 bits per heavy atom. The first-order valence-electron chi connectivity index (χ1n) is 9.01. The Kier molecular flexibility index (Phi) is 5.21. The molecule has 3 aromatic heterocycles. The van der Waals surface area contributed by atoms with Crippen molar-refractivity contribution < 1.29 is 18.6 Å². The number of rotatable bonds is 5. The smallest absolute Gasteiger partial charge is 0.214 e. The molecule has 0 fully saturated rings. The summed E-state index contributed by atoms with van der Waals surface area (Å²) in [5.74, 6) is -1.19.